The third-order valence-corrected chi connectivity index (χ3v) is 4.69. The minimum Gasteiger partial charge on any atom is -0.449 e. The molecule has 138 valence electrons. The molecule has 0 heterocycles. The average molecular weight is 368 g/mol. The molecule has 1 aromatic carbocycles. The van der Waals surface area contributed by atoms with E-state index in [1.807, 2.05) is 0 Å². The second kappa shape index (κ2) is 8.26. The fourth-order valence-electron chi connectivity index (χ4n) is 1.83. The summed E-state index contributed by atoms with van der Waals surface area (Å²) >= 11 is 0. The SMILES string of the molecule is C=CCNC(=O)C(C)OC(=O)c1ccc(S(=O)(=O)NC(C)(C)C)cc1. The van der Waals surface area contributed by atoms with Crippen LogP contribution in [0.5, 0.6) is 0 Å². The Balaban J connectivity index is 2.80. The van der Waals surface area contributed by atoms with Gasteiger partial charge in [0.05, 0.1) is 10.5 Å². The predicted octanol–water partition coefficient (Wildman–Crippen LogP) is 1.61. The summed E-state index contributed by atoms with van der Waals surface area (Å²) in [7, 11) is -3.68. The van der Waals surface area contributed by atoms with Gasteiger partial charge < -0.3 is 10.1 Å². The lowest BCUT2D eigenvalue weighted by atomic mass is 10.1. The highest BCUT2D eigenvalue weighted by atomic mass is 32.2. The summed E-state index contributed by atoms with van der Waals surface area (Å²) in [6.07, 6.45) is 0.537. The van der Waals surface area contributed by atoms with Crippen LogP contribution in [0, 0.1) is 0 Å². The van der Waals surface area contributed by atoms with E-state index in [-0.39, 0.29) is 17.0 Å². The molecule has 0 aliphatic heterocycles. The van der Waals surface area contributed by atoms with Gasteiger partial charge in [0.1, 0.15) is 0 Å². The van der Waals surface area contributed by atoms with E-state index >= 15 is 0 Å². The second-order valence-corrected chi connectivity index (χ2v) is 8.14. The third-order valence-electron chi connectivity index (χ3n) is 2.91. The van der Waals surface area contributed by atoms with Crippen molar-refractivity contribution < 1.29 is 22.7 Å². The van der Waals surface area contributed by atoms with E-state index in [0.717, 1.165) is 0 Å². The summed E-state index contributed by atoms with van der Waals surface area (Å²) in [5.74, 6) is -1.16. The lowest BCUT2D eigenvalue weighted by Crippen LogP contribution is -2.40. The van der Waals surface area contributed by atoms with Crippen molar-refractivity contribution in [2.75, 3.05) is 6.54 Å². The van der Waals surface area contributed by atoms with Gasteiger partial charge in [-0.2, -0.15) is 0 Å². The van der Waals surface area contributed by atoms with E-state index in [1.54, 1.807) is 20.8 Å². The monoisotopic (exact) mass is 368 g/mol. The topological polar surface area (TPSA) is 102 Å². The number of benzene rings is 1. The lowest BCUT2D eigenvalue weighted by Gasteiger charge is -2.20. The van der Waals surface area contributed by atoms with E-state index in [4.69, 9.17) is 4.74 Å². The second-order valence-electron chi connectivity index (χ2n) is 6.46. The maximum absolute atomic E-state index is 12.2. The van der Waals surface area contributed by atoms with Crippen molar-refractivity contribution in [2.45, 2.75) is 44.2 Å². The van der Waals surface area contributed by atoms with Crippen LogP contribution in [0.1, 0.15) is 38.1 Å². The van der Waals surface area contributed by atoms with Gasteiger partial charge in [-0.15, -0.1) is 6.58 Å². The first-order valence-electron chi connectivity index (χ1n) is 7.70. The van der Waals surface area contributed by atoms with Crippen molar-refractivity contribution >= 4 is 21.9 Å². The molecule has 1 rings (SSSR count). The predicted molar refractivity (Wildman–Crippen MR) is 94.6 cm³/mol. The molecule has 1 unspecified atom stereocenters. The molecule has 1 atom stereocenters. The molecule has 0 aliphatic rings. The van der Waals surface area contributed by atoms with E-state index in [1.165, 1.54) is 37.3 Å². The normalized spacial score (nSPS) is 13.0. The number of hydrogen-bond donors (Lipinski definition) is 2. The van der Waals surface area contributed by atoms with Gasteiger partial charge in [-0.3, -0.25) is 4.79 Å². The molecule has 1 aromatic rings. The number of carbonyl (C=O) groups is 2. The van der Waals surface area contributed by atoms with Gasteiger partial charge in [0, 0.05) is 12.1 Å². The smallest absolute Gasteiger partial charge is 0.338 e. The maximum Gasteiger partial charge on any atom is 0.338 e. The molecule has 0 fully saturated rings. The summed E-state index contributed by atoms with van der Waals surface area (Å²) in [4.78, 5) is 23.7. The quantitative estimate of drug-likeness (QED) is 0.562. The van der Waals surface area contributed by atoms with Crippen molar-refractivity contribution in [1.82, 2.24) is 10.0 Å². The number of rotatable bonds is 7. The van der Waals surface area contributed by atoms with Crippen LogP contribution in [-0.2, 0) is 19.6 Å². The fourth-order valence-corrected chi connectivity index (χ4v) is 3.25. The van der Waals surface area contributed by atoms with Crippen LogP contribution >= 0.6 is 0 Å². The van der Waals surface area contributed by atoms with Gasteiger partial charge >= 0.3 is 5.97 Å². The number of carbonyl (C=O) groups excluding carboxylic acids is 2. The van der Waals surface area contributed by atoms with E-state index < -0.39 is 33.5 Å². The minimum atomic E-state index is -3.68. The molecule has 0 bridgehead atoms. The molecule has 7 nitrogen and oxygen atoms in total. The van der Waals surface area contributed by atoms with Crippen LogP contribution in [0.15, 0.2) is 41.8 Å². The molecule has 0 saturated carbocycles. The van der Waals surface area contributed by atoms with Gasteiger partial charge in [-0.1, -0.05) is 6.08 Å². The molecule has 0 aromatic heterocycles. The zero-order valence-electron chi connectivity index (χ0n) is 14.8. The van der Waals surface area contributed by atoms with Crippen molar-refractivity contribution in [3.05, 3.63) is 42.5 Å². The van der Waals surface area contributed by atoms with Crippen LogP contribution in [0.4, 0.5) is 0 Å². The van der Waals surface area contributed by atoms with Gasteiger partial charge in [0.2, 0.25) is 10.0 Å². The van der Waals surface area contributed by atoms with Gasteiger partial charge in [0.15, 0.2) is 6.10 Å². The number of sulfonamides is 1. The molecule has 1 amide bonds. The highest BCUT2D eigenvalue weighted by Crippen LogP contribution is 2.14. The van der Waals surface area contributed by atoms with Crippen LogP contribution in [-0.4, -0.2) is 38.5 Å². The fraction of sp³-hybridized carbons (Fsp3) is 0.412. The number of ether oxygens (including phenoxy) is 1. The van der Waals surface area contributed by atoms with Gasteiger partial charge in [-0.25, -0.2) is 17.9 Å². The maximum atomic E-state index is 12.2. The minimum absolute atomic E-state index is 0.0377. The van der Waals surface area contributed by atoms with Crippen LogP contribution < -0.4 is 10.0 Å². The first kappa shape index (κ1) is 20.9. The number of hydrogen-bond acceptors (Lipinski definition) is 5. The average Bonchev–Trinajstić information content (AvgIpc) is 2.50. The molecule has 2 N–H and O–H groups in total. The third kappa shape index (κ3) is 6.67. The number of amides is 1. The Kier molecular flexibility index (Phi) is 6.89. The largest absolute Gasteiger partial charge is 0.449 e. The molecular weight excluding hydrogens is 344 g/mol. The molecule has 25 heavy (non-hydrogen) atoms. The summed E-state index contributed by atoms with van der Waals surface area (Å²) in [5.41, 5.74) is -0.469. The molecule has 0 saturated heterocycles. The number of esters is 1. The Labute approximate surface area is 148 Å². The molecular formula is C17H24N2O5S. The Bertz CT molecular complexity index is 733. The summed E-state index contributed by atoms with van der Waals surface area (Å²) in [6, 6.07) is 5.31. The van der Waals surface area contributed by atoms with Crippen molar-refractivity contribution in [3.8, 4) is 0 Å². The van der Waals surface area contributed by atoms with E-state index in [2.05, 4.69) is 16.6 Å². The lowest BCUT2D eigenvalue weighted by molar-refractivity contribution is -0.128. The molecule has 8 heteroatoms. The van der Waals surface area contributed by atoms with E-state index in [0.29, 0.717) is 0 Å². The Morgan fingerprint density at radius 2 is 1.80 bits per heavy atom. The summed E-state index contributed by atoms with van der Waals surface area (Å²) in [6.45, 7) is 10.4. The Morgan fingerprint density at radius 1 is 1.24 bits per heavy atom. The van der Waals surface area contributed by atoms with Crippen molar-refractivity contribution in [1.29, 1.82) is 0 Å². The molecule has 0 radical (unpaired) electrons. The summed E-state index contributed by atoms with van der Waals surface area (Å²) in [5, 5.41) is 2.52. The first-order chi connectivity index (χ1) is 11.5. The van der Waals surface area contributed by atoms with Gasteiger partial charge in [0.25, 0.3) is 5.91 Å². The van der Waals surface area contributed by atoms with Gasteiger partial charge in [-0.05, 0) is 52.0 Å². The first-order valence-corrected chi connectivity index (χ1v) is 9.18. The summed E-state index contributed by atoms with van der Waals surface area (Å²) < 4.78 is 32.0. The zero-order chi connectivity index (χ0) is 19.3. The van der Waals surface area contributed by atoms with E-state index in [9.17, 15) is 18.0 Å². The van der Waals surface area contributed by atoms with Crippen LogP contribution in [0.25, 0.3) is 0 Å². The highest BCUT2D eigenvalue weighted by molar-refractivity contribution is 7.89. The van der Waals surface area contributed by atoms with Crippen LogP contribution in [0.3, 0.4) is 0 Å². The highest BCUT2D eigenvalue weighted by Gasteiger charge is 2.23. The molecule has 0 aliphatic carbocycles. The Morgan fingerprint density at radius 3 is 2.28 bits per heavy atom. The van der Waals surface area contributed by atoms with Crippen LogP contribution in [0.2, 0.25) is 0 Å². The Hall–Kier alpha value is -2.19. The zero-order valence-corrected chi connectivity index (χ0v) is 15.6. The van der Waals surface area contributed by atoms with Crippen molar-refractivity contribution in [2.24, 2.45) is 0 Å². The van der Waals surface area contributed by atoms with Crippen molar-refractivity contribution in [3.63, 3.8) is 0 Å². The number of nitrogens with one attached hydrogen (secondary N) is 2. The molecule has 0 spiro atoms. The standard InChI is InChI=1S/C17H24N2O5S/c1-6-11-18-15(20)12(2)24-16(21)13-7-9-14(10-8-13)25(22,23)19-17(3,4)5/h6-10,12,19H,1,11H2,2-5H3,(H,18,20).